The summed E-state index contributed by atoms with van der Waals surface area (Å²) < 4.78 is 92.9. The van der Waals surface area contributed by atoms with Crippen LogP contribution < -0.4 is 4.74 Å². The molecule has 224 valence electrons. The molecule has 0 spiro atoms. The SMILES string of the molecule is CCOc1ccc(C2=CCC(c3ccc(CCC4CCC(c5ccc(C)c(F)c5F)CC4)c(F)c3F)CC2)c(F)c1F. The maximum atomic E-state index is 15.2. The number of allylic oxidation sites excluding steroid dienone is 2. The molecule has 1 nitrogen and oxygen atoms in total. The van der Waals surface area contributed by atoms with Gasteiger partial charge in [0.2, 0.25) is 5.82 Å². The first kappa shape index (κ1) is 30.2. The second-order valence-electron chi connectivity index (χ2n) is 11.7. The summed E-state index contributed by atoms with van der Waals surface area (Å²) in [6.07, 6.45) is 7.34. The molecule has 0 aromatic heterocycles. The average molecular weight is 587 g/mol. The highest BCUT2D eigenvalue weighted by Gasteiger charge is 2.28. The fourth-order valence-corrected chi connectivity index (χ4v) is 6.62. The van der Waals surface area contributed by atoms with Crippen LogP contribution in [0.15, 0.2) is 42.5 Å². The first-order chi connectivity index (χ1) is 20.2. The van der Waals surface area contributed by atoms with Gasteiger partial charge in [0.05, 0.1) is 6.61 Å². The van der Waals surface area contributed by atoms with Crippen molar-refractivity contribution in [3.63, 3.8) is 0 Å². The van der Waals surface area contributed by atoms with Crippen LogP contribution in [-0.4, -0.2) is 6.61 Å². The number of benzene rings is 3. The van der Waals surface area contributed by atoms with E-state index in [-0.39, 0.29) is 29.8 Å². The van der Waals surface area contributed by atoms with E-state index in [1.54, 1.807) is 44.2 Å². The summed E-state index contributed by atoms with van der Waals surface area (Å²) in [5.74, 6) is -5.28. The van der Waals surface area contributed by atoms with Crippen LogP contribution in [0.4, 0.5) is 26.3 Å². The van der Waals surface area contributed by atoms with Gasteiger partial charge < -0.3 is 4.74 Å². The Morgan fingerprint density at radius 2 is 1.38 bits per heavy atom. The molecular formula is C35H36F6O. The third kappa shape index (κ3) is 6.11. The fraction of sp³-hybridized carbons (Fsp3) is 0.429. The van der Waals surface area contributed by atoms with Gasteiger partial charge in [-0.15, -0.1) is 0 Å². The standard InChI is InChI=1S/C35H36F6O/c1-3-42-29-19-18-28(34(40)35(29)41)24-13-11-23(12-14-24)27-17-15-25(31(37)33(27)39)10-7-21-5-8-22(9-6-21)26-16-4-20(2)30(36)32(26)38/h4,13,15-19,21-23H,3,5-12,14H2,1-2H3. The minimum absolute atomic E-state index is 0.0279. The second-order valence-corrected chi connectivity index (χ2v) is 11.7. The molecule has 1 atom stereocenters. The van der Waals surface area contributed by atoms with Gasteiger partial charge in [-0.3, -0.25) is 0 Å². The molecule has 0 saturated heterocycles. The summed E-state index contributed by atoms with van der Waals surface area (Å²) in [7, 11) is 0. The monoisotopic (exact) mass is 586 g/mol. The van der Waals surface area contributed by atoms with Crippen molar-refractivity contribution in [1.82, 2.24) is 0 Å². The van der Waals surface area contributed by atoms with Crippen molar-refractivity contribution in [3.05, 3.63) is 105 Å². The lowest BCUT2D eigenvalue weighted by molar-refractivity contribution is 0.303. The van der Waals surface area contributed by atoms with E-state index < -0.39 is 34.9 Å². The van der Waals surface area contributed by atoms with Crippen molar-refractivity contribution in [2.24, 2.45) is 5.92 Å². The summed E-state index contributed by atoms with van der Waals surface area (Å²) in [5, 5.41) is 0. The van der Waals surface area contributed by atoms with Gasteiger partial charge in [0.1, 0.15) is 0 Å². The van der Waals surface area contributed by atoms with Crippen molar-refractivity contribution in [2.45, 2.75) is 83.5 Å². The molecule has 42 heavy (non-hydrogen) atoms. The molecule has 0 radical (unpaired) electrons. The van der Waals surface area contributed by atoms with Gasteiger partial charge in [-0.05, 0) is 129 Å². The van der Waals surface area contributed by atoms with Gasteiger partial charge in [-0.1, -0.05) is 30.3 Å². The van der Waals surface area contributed by atoms with Crippen LogP contribution in [0.25, 0.3) is 5.57 Å². The van der Waals surface area contributed by atoms with Crippen LogP contribution in [0.3, 0.4) is 0 Å². The Morgan fingerprint density at radius 3 is 2.07 bits per heavy atom. The highest BCUT2D eigenvalue weighted by molar-refractivity contribution is 5.68. The predicted octanol–water partition coefficient (Wildman–Crippen LogP) is 10.5. The lowest BCUT2D eigenvalue weighted by Crippen LogP contribution is -2.16. The minimum Gasteiger partial charge on any atom is -0.491 e. The number of aryl methyl sites for hydroxylation is 2. The zero-order valence-electron chi connectivity index (χ0n) is 24.0. The normalized spacial score (nSPS) is 20.9. The van der Waals surface area contributed by atoms with Crippen LogP contribution in [0.1, 0.15) is 97.9 Å². The van der Waals surface area contributed by atoms with E-state index in [1.807, 2.05) is 0 Å². The van der Waals surface area contributed by atoms with Crippen LogP contribution >= 0.6 is 0 Å². The Bertz CT molecular complexity index is 1470. The van der Waals surface area contributed by atoms with Crippen molar-refractivity contribution < 1.29 is 31.1 Å². The first-order valence-corrected chi connectivity index (χ1v) is 14.9. The summed E-state index contributed by atoms with van der Waals surface area (Å²) in [6, 6.07) is 9.52. The Morgan fingerprint density at radius 1 is 0.690 bits per heavy atom. The smallest absolute Gasteiger partial charge is 0.201 e. The highest BCUT2D eigenvalue weighted by Crippen LogP contribution is 2.41. The van der Waals surface area contributed by atoms with E-state index in [4.69, 9.17) is 4.74 Å². The summed E-state index contributed by atoms with van der Waals surface area (Å²) in [6.45, 7) is 3.46. The molecule has 2 aliphatic carbocycles. The third-order valence-electron chi connectivity index (χ3n) is 9.15. The summed E-state index contributed by atoms with van der Waals surface area (Å²) >= 11 is 0. The van der Waals surface area contributed by atoms with E-state index >= 15 is 8.78 Å². The molecule has 0 aliphatic heterocycles. The predicted molar refractivity (Wildman–Crippen MR) is 153 cm³/mol. The second kappa shape index (κ2) is 13.0. The number of rotatable bonds is 8. The van der Waals surface area contributed by atoms with Crippen LogP contribution in [-0.2, 0) is 6.42 Å². The average Bonchev–Trinajstić information content (AvgIpc) is 3.00. The van der Waals surface area contributed by atoms with Gasteiger partial charge in [-0.25, -0.2) is 22.0 Å². The van der Waals surface area contributed by atoms with E-state index in [9.17, 15) is 17.6 Å². The van der Waals surface area contributed by atoms with E-state index in [2.05, 4.69) is 0 Å². The molecule has 0 heterocycles. The molecule has 3 aromatic rings. The van der Waals surface area contributed by atoms with Gasteiger partial charge >= 0.3 is 0 Å². The highest BCUT2D eigenvalue weighted by atomic mass is 19.2. The molecular weight excluding hydrogens is 550 g/mol. The van der Waals surface area contributed by atoms with E-state index in [1.165, 1.54) is 12.1 Å². The lowest BCUT2D eigenvalue weighted by atomic mass is 9.76. The zero-order valence-corrected chi connectivity index (χ0v) is 24.0. The topological polar surface area (TPSA) is 9.23 Å². The van der Waals surface area contributed by atoms with Gasteiger partial charge in [0, 0.05) is 5.56 Å². The quantitative estimate of drug-likeness (QED) is 0.239. The number of halogens is 6. The fourth-order valence-electron chi connectivity index (χ4n) is 6.62. The summed E-state index contributed by atoms with van der Waals surface area (Å²) in [4.78, 5) is 0. The molecule has 0 bridgehead atoms. The Kier molecular flexibility index (Phi) is 9.34. The summed E-state index contributed by atoms with van der Waals surface area (Å²) in [5.41, 5.74) is 2.18. The zero-order chi connectivity index (χ0) is 30.0. The molecule has 5 rings (SSSR count). The van der Waals surface area contributed by atoms with E-state index in [0.29, 0.717) is 65.8 Å². The molecule has 1 saturated carbocycles. The Labute approximate surface area is 243 Å². The molecule has 0 amide bonds. The van der Waals surface area contributed by atoms with Crippen molar-refractivity contribution in [1.29, 1.82) is 0 Å². The van der Waals surface area contributed by atoms with Crippen LogP contribution in [0, 0.1) is 47.7 Å². The van der Waals surface area contributed by atoms with Crippen molar-refractivity contribution in [3.8, 4) is 5.75 Å². The first-order valence-electron chi connectivity index (χ1n) is 14.9. The molecule has 1 unspecified atom stereocenters. The van der Waals surface area contributed by atoms with Crippen molar-refractivity contribution in [2.75, 3.05) is 6.61 Å². The lowest BCUT2D eigenvalue weighted by Gasteiger charge is -2.29. The third-order valence-corrected chi connectivity index (χ3v) is 9.15. The van der Waals surface area contributed by atoms with Gasteiger partial charge in [0.15, 0.2) is 34.8 Å². The largest absolute Gasteiger partial charge is 0.491 e. The minimum atomic E-state index is -1.02. The molecule has 1 fully saturated rings. The molecule has 3 aromatic carbocycles. The number of ether oxygens (including phenoxy) is 1. The molecule has 7 heteroatoms. The number of hydrogen-bond acceptors (Lipinski definition) is 1. The maximum absolute atomic E-state index is 15.2. The van der Waals surface area contributed by atoms with Crippen molar-refractivity contribution >= 4 is 5.57 Å². The Balaban J connectivity index is 1.18. The van der Waals surface area contributed by atoms with Crippen LogP contribution in [0.2, 0.25) is 0 Å². The number of hydrogen-bond donors (Lipinski definition) is 0. The Hall–Kier alpha value is -3.22. The van der Waals surface area contributed by atoms with Gasteiger partial charge in [0.25, 0.3) is 0 Å². The van der Waals surface area contributed by atoms with Crippen LogP contribution in [0.5, 0.6) is 5.75 Å². The molecule has 0 N–H and O–H groups in total. The van der Waals surface area contributed by atoms with Gasteiger partial charge in [-0.2, -0.15) is 4.39 Å². The maximum Gasteiger partial charge on any atom is 0.201 e. The molecule has 2 aliphatic rings. The van der Waals surface area contributed by atoms with E-state index in [0.717, 1.165) is 25.7 Å².